The maximum Gasteiger partial charge on any atom is 0.471 e. The van der Waals surface area contributed by atoms with Crippen molar-refractivity contribution in [3.05, 3.63) is 156 Å². The molecular formula is C36H32F3NO2P+. The SMILES string of the molecule is COc1ccc(CN(Cc2ccccc2C[P+](c2ccccc2)(c2ccccc2)c2ccccc2)C(=O)C(F)(F)F)cc1. The minimum atomic E-state index is -5.00. The highest BCUT2D eigenvalue weighted by atomic mass is 31.2. The van der Waals surface area contributed by atoms with Gasteiger partial charge in [-0.1, -0.05) is 91.0 Å². The average Bonchev–Trinajstić information content (AvgIpc) is 3.05. The molecule has 0 aliphatic carbocycles. The quantitative estimate of drug-likeness (QED) is 0.158. The first kappa shape index (κ1) is 30.1. The average molecular weight is 599 g/mol. The molecule has 0 unspecified atom stereocenters. The van der Waals surface area contributed by atoms with E-state index in [2.05, 4.69) is 36.4 Å². The van der Waals surface area contributed by atoms with Crippen molar-refractivity contribution in [2.45, 2.75) is 25.4 Å². The molecule has 0 aliphatic rings. The Hall–Kier alpha value is -4.41. The van der Waals surface area contributed by atoms with E-state index in [-0.39, 0.29) is 13.1 Å². The molecule has 5 aromatic rings. The summed E-state index contributed by atoms with van der Waals surface area (Å²) in [4.78, 5) is 13.6. The van der Waals surface area contributed by atoms with Gasteiger partial charge < -0.3 is 9.64 Å². The molecule has 43 heavy (non-hydrogen) atoms. The molecule has 0 saturated heterocycles. The topological polar surface area (TPSA) is 29.5 Å². The lowest BCUT2D eigenvalue weighted by atomic mass is 10.1. The van der Waals surface area contributed by atoms with E-state index in [1.54, 1.807) is 24.3 Å². The van der Waals surface area contributed by atoms with Crippen LogP contribution in [-0.2, 0) is 24.0 Å². The lowest BCUT2D eigenvalue weighted by Gasteiger charge is -2.30. The third kappa shape index (κ3) is 6.81. The zero-order chi connectivity index (χ0) is 30.3. The highest BCUT2D eigenvalue weighted by molar-refractivity contribution is 7.95. The van der Waals surface area contributed by atoms with Gasteiger partial charge in [0.25, 0.3) is 0 Å². The summed E-state index contributed by atoms with van der Waals surface area (Å²) >= 11 is 0. The Morgan fingerprint density at radius 1 is 0.628 bits per heavy atom. The standard InChI is InChI=1S/C36H32F3NO2P/c1-42-31-23-21-28(22-24-31)25-40(35(41)36(37,38)39)26-29-13-11-12-14-30(29)27-43(32-15-5-2-6-16-32,33-17-7-3-8-18-33)34-19-9-4-10-20-34/h2-24H,25-27H2,1H3/q+1. The van der Waals surface area contributed by atoms with Gasteiger partial charge in [0.15, 0.2) is 0 Å². The van der Waals surface area contributed by atoms with Gasteiger partial charge in [0.1, 0.15) is 28.9 Å². The smallest absolute Gasteiger partial charge is 0.471 e. The largest absolute Gasteiger partial charge is 0.497 e. The molecule has 0 atom stereocenters. The number of amides is 1. The Kier molecular flexibility index (Phi) is 9.27. The maximum absolute atomic E-state index is 13.9. The Labute approximate surface area is 250 Å². The van der Waals surface area contributed by atoms with Gasteiger partial charge in [-0.05, 0) is 65.2 Å². The Balaban J connectivity index is 1.60. The van der Waals surface area contributed by atoms with Gasteiger partial charge in [-0.2, -0.15) is 13.2 Å². The lowest BCUT2D eigenvalue weighted by Crippen LogP contribution is -2.40. The first-order valence-electron chi connectivity index (χ1n) is 13.9. The summed E-state index contributed by atoms with van der Waals surface area (Å²) in [7, 11) is -0.795. The minimum Gasteiger partial charge on any atom is -0.497 e. The van der Waals surface area contributed by atoms with E-state index in [4.69, 9.17) is 4.74 Å². The predicted octanol–water partition coefficient (Wildman–Crippen LogP) is 7.28. The number of methoxy groups -OCH3 is 1. The second-order valence-corrected chi connectivity index (χ2v) is 13.7. The molecule has 0 radical (unpaired) electrons. The van der Waals surface area contributed by atoms with E-state index in [9.17, 15) is 18.0 Å². The van der Waals surface area contributed by atoms with Crippen molar-refractivity contribution in [1.82, 2.24) is 4.90 Å². The maximum atomic E-state index is 13.9. The number of nitrogens with zero attached hydrogens (tertiary/aromatic N) is 1. The number of carbonyl (C=O) groups excluding carboxylic acids is 1. The van der Waals surface area contributed by atoms with Crippen molar-refractivity contribution < 1.29 is 22.7 Å². The van der Waals surface area contributed by atoms with Crippen LogP contribution in [0.1, 0.15) is 16.7 Å². The van der Waals surface area contributed by atoms with Crippen LogP contribution in [0.3, 0.4) is 0 Å². The molecule has 0 heterocycles. The molecule has 3 nitrogen and oxygen atoms in total. The van der Waals surface area contributed by atoms with Crippen molar-refractivity contribution >= 4 is 29.1 Å². The van der Waals surface area contributed by atoms with Gasteiger partial charge >= 0.3 is 12.1 Å². The normalized spacial score (nSPS) is 11.6. The van der Waals surface area contributed by atoms with E-state index in [0.717, 1.165) is 10.5 Å². The minimum absolute atomic E-state index is 0.182. The van der Waals surface area contributed by atoms with Crippen LogP contribution < -0.4 is 20.7 Å². The molecule has 218 valence electrons. The van der Waals surface area contributed by atoms with Crippen LogP contribution in [-0.4, -0.2) is 24.1 Å². The molecule has 0 spiro atoms. The van der Waals surface area contributed by atoms with Crippen molar-refractivity contribution in [2.75, 3.05) is 7.11 Å². The second kappa shape index (κ2) is 13.3. The molecule has 1 amide bonds. The molecule has 0 aromatic heterocycles. The summed E-state index contributed by atoms with van der Waals surface area (Å²) in [6.07, 6.45) is -4.42. The molecule has 0 fully saturated rings. The van der Waals surface area contributed by atoms with Gasteiger partial charge in [0, 0.05) is 13.1 Å². The van der Waals surface area contributed by atoms with E-state index < -0.39 is 19.3 Å². The fourth-order valence-electron chi connectivity index (χ4n) is 5.43. The lowest BCUT2D eigenvalue weighted by molar-refractivity contribution is -0.186. The Morgan fingerprint density at radius 2 is 1.07 bits per heavy atom. The molecular weight excluding hydrogens is 566 g/mol. The second-order valence-electron chi connectivity index (χ2n) is 10.3. The summed E-state index contributed by atoms with van der Waals surface area (Å²) in [6, 6.07) is 45.2. The monoisotopic (exact) mass is 598 g/mol. The molecule has 0 bridgehead atoms. The van der Waals surface area contributed by atoms with Crippen molar-refractivity contribution in [2.24, 2.45) is 0 Å². The van der Waals surface area contributed by atoms with Gasteiger partial charge in [0.2, 0.25) is 0 Å². The van der Waals surface area contributed by atoms with Crippen LogP contribution in [0.2, 0.25) is 0 Å². The zero-order valence-corrected chi connectivity index (χ0v) is 24.6. The molecule has 0 saturated carbocycles. The first-order chi connectivity index (χ1) is 20.8. The number of halogens is 3. The van der Waals surface area contributed by atoms with Crippen LogP contribution in [0.25, 0.3) is 0 Å². The van der Waals surface area contributed by atoms with E-state index in [1.165, 1.54) is 23.0 Å². The molecule has 5 aromatic carbocycles. The van der Waals surface area contributed by atoms with Gasteiger partial charge in [-0.25, -0.2) is 0 Å². The van der Waals surface area contributed by atoms with E-state index in [0.29, 0.717) is 23.0 Å². The summed E-state index contributed by atoms with van der Waals surface area (Å²) in [5.74, 6) is -1.28. The van der Waals surface area contributed by atoms with Crippen LogP contribution in [0.15, 0.2) is 140 Å². The first-order valence-corrected chi connectivity index (χ1v) is 15.9. The fourth-order valence-corrected chi connectivity index (χ4v) is 9.73. The zero-order valence-electron chi connectivity index (χ0n) is 23.7. The fraction of sp³-hybridized carbons (Fsp3) is 0.139. The van der Waals surface area contributed by atoms with Crippen LogP contribution in [0, 0.1) is 0 Å². The Morgan fingerprint density at radius 3 is 1.51 bits per heavy atom. The van der Waals surface area contributed by atoms with Crippen LogP contribution >= 0.6 is 7.26 Å². The van der Waals surface area contributed by atoms with Crippen LogP contribution in [0.5, 0.6) is 5.75 Å². The molecule has 0 N–H and O–H groups in total. The van der Waals surface area contributed by atoms with Crippen molar-refractivity contribution in [1.29, 1.82) is 0 Å². The predicted molar refractivity (Wildman–Crippen MR) is 169 cm³/mol. The number of rotatable bonds is 10. The van der Waals surface area contributed by atoms with Gasteiger partial charge in [-0.3, -0.25) is 4.79 Å². The third-order valence-electron chi connectivity index (χ3n) is 7.54. The van der Waals surface area contributed by atoms with Crippen molar-refractivity contribution in [3.8, 4) is 5.75 Å². The molecule has 0 aliphatic heterocycles. The van der Waals surface area contributed by atoms with Gasteiger partial charge in [-0.15, -0.1) is 0 Å². The summed E-state index contributed by atoms with van der Waals surface area (Å²) in [5, 5.41) is 3.51. The summed E-state index contributed by atoms with van der Waals surface area (Å²) < 4.78 is 46.7. The number of alkyl halides is 3. The molecule has 5 rings (SSSR count). The highest BCUT2D eigenvalue weighted by Gasteiger charge is 2.46. The summed E-state index contributed by atoms with van der Waals surface area (Å²) in [5.41, 5.74) is 2.17. The summed E-state index contributed by atoms with van der Waals surface area (Å²) in [6.45, 7) is -0.369. The van der Waals surface area contributed by atoms with Gasteiger partial charge in [0.05, 0.1) is 13.3 Å². The van der Waals surface area contributed by atoms with Crippen molar-refractivity contribution in [3.63, 3.8) is 0 Å². The number of benzene rings is 5. The Bertz CT molecular complexity index is 1530. The third-order valence-corrected chi connectivity index (χ3v) is 11.9. The number of hydrogen-bond donors (Lipinski definition) is 0. The molecule has 7 heteroatoms. The van der Waals surface area contributed by atoms with E-state index >= 15 is 0 Å². The number of hydrogen-bond acceptors (Lipinski definition) is 2. The number of ether oxygens (including phenoxy) is 1. The van der Waals surface area contributed by atoms with E-state index in [1.807, 2.05) is 78.9 Å². The van der Waals surface area contributed by atoms with Crippen LogP contribution in [0.4, 0.5) is 13.2 Å². The number of carbonyl (C=O) groups is 1. The highest BCUT2D eigenvalue weighted by Crippen LogP contribution is 2.58.